The zero-order valence-electron chi connectivity index (χ0n) is 12.8. The Morgan fingerprint density at radius 1 is 1.27 bits per heavy atom. The number of anilines is 1. The van der Waals surface area contributed by atoms with E-state index in [1.54, 1.807) is 12.1 Å². The Morgan fingerprint density at radius 3 is 2.50 bits per heavy atom. The zero-order valence-corrected chi connectivity index (χ0v) is 12.8. The van der Waals surface area contributed by atoms with Crippen molar-refractivity contribution in [3.05, 3.63) is 35.0 Å². The fourth-order valence-electron chi connectivity index (χ4n) is 2.30. The van der Waals surface area contributed by atoms with E-state index >= 15 is 0 Å². The number of quaternary nitrogens is 1. The van der Waals surface area contributed by atoms with Gasteiger partial charge in [-0.25, -0.2) is 4.79 Å². The molecule has 2 rings (SSSR count). The van der Waals surface area contributed by atoms with Gasteiger partial charge < -0.3 is 15.3 Å². The highest BCUT2D eigenvalue weighted by atomic mass is 16.6. The minimum atomic E-state index is -0.661. The summed E-state index contributed by atoms with van der Waals surface area (Å²) >= 11 is 0. The second-order valence-corrected chi connectivity index (χ2v) is 5.47. The number of nitrogens with one attached hydrogen (secondary N) is 1. The van der Waals surface area contributed by atoms with Gasteiger partial charge in [0.1, 0.15) is 6.61 Å². The highest BCUT2D eigenvalue weighted by molar-refractivity contribution is 5.91. The van der Waals surface area contributed by atoms with E-state index < -0.39 is 4.65 Å². The van der Waals surface area contributed by atoms with Gasteiger partial charge in [0, 0.05) is 18.7 Å². The van der Waals surface area contributed by atoms with Crippen molar-refractivity contribution in [3.8, 4) is 0 Å². The average molecular weight is 306 g/mol. The summed E-state index contributed by atoms with van der Waals surface area (Å²) in [7, 11) is 0. The number of carbonyl (C=O) groups is 2. The van der Waals surface area contributed by atoms with E-state index in [-0.39, 0.29) is 24.8 Å². The molecule has 6 heteroatoms. The predicted octanol–water partition coefficient (Wildman–Crippen LogP) is 1.84. The quantitative estimate of drug-likeness (QED) is 0.616. The third-order valence-corrected chi connectivity index (χ3v) is 3.80. The van der Waals surface area contributed by atoms with Crippen molar-refractivity contribution in [2.24, 2.45) is 0 Å². The Labute approximate surface area is 130 Å². The molecule has 22 heavy (non-hydrogen) atoms. The van der Waals surface area contributed by atoms with Gasteiger partial charge in [0.15, 0.2) is 0 Å². The van der Waals surface area contributed by atoms with Gasteiger partial charge in [-0.05, 0) is 31.0 Å². The van der Waals surface area contributed by atoms with Gasteiger partial charge in [-0.15, -0.1) is 0 Å². The van der Waals surface area contributed by atoms with Gasteiger partial charge in [-0.3, -0.25) is 9.44 Å². The summed E-state index contributed by atoms with van der Waals surface area (Å²) in [6.45, 7) is 3.21. The van der Waals surface area contributed by atoms with Gasteiger partial charge >= 0.3 is 5.91 Å². The molecule has 1 aliphatic rings. The topological polar surface area (TPSA) is 78.5 Å². The molecule has 0 aromatic heterocycles. The highest BCUT2D eigenvalue weighted by Gasteiger charge is 2.33. The smallest absolute Gasteiger partial charge is 0.314 e. The van der Waals surface area contributed by atoms with E-state index in [1.165, 1.54) is 0 Å². The van der Waals surface area contributed by atoms with Crippen LogP contribution < -0.4 is 5.32 Å². The summed E-state index contributed by atoms with van der Waals surface area (Å²) in [5.41, 5.74) is 1.66. The molecule has 0 atom stereocenters. The van der Waals surface area contributed by atoms with Crippen LogP contribution in [0.25, 0.3) is 0 Å². The summed E-state index contributed by atoms with van der Waals surface area (Å²) in [5, 5.41) is 14.6. The van der Waals surface area contributed by atoms with Crippen LogP contribution in [0.1, 0.15) is 25.3 Å². The fourth-order valence-corrected chi connectivity index (χ4v) is 2.30. The number of benzene rings is 1. The molecule has 0 radical (unpaired) electrons. The van der Waals surface area contributed by atoms with Crippen molar-refractivity contribution in [1.29, 1.82) is 0 Å². The van der Waals surface area contributed by atoms with Crippen LogP contribution in [0.15, 0.2) is 24.3 Å². The normalized spacial score (nSPS) is 15.9. The number of hydrogen-bond acceptors (Lipinski definition) is 4. The standard InChI is InChI=1S/C16H22N2O4/c1-2-22-12-15(19)17-14-7-4-13(5-8-14)6-9-16(20)18(21)10-3-11-18/h4-5,7-8H,2-3,6,9-12H2,1H3,(H,17,19). The molecule has 0 aliphatic carbocycles. The zero-order chi connectivity index (χ0) is 16.0. The highest BCUT2D eigenvalue weighted by Crippen LogP contribution is 2.21. The first kappa shape index (κ1) is 16.6. The van der Waals surface area contributed by atoms with Crippen LogP contribution in [0, 0.1) is 5.21 Å². The Kier molecular flexibility index (Phi) is 5.65. The molecule has 1 N–H and O–H groups in total. The molecule has 0 spiro atoms. The minimum Gasteiger partial charge on any atom is -0.625 e. The van der Waals surface area contributed by atoms with Gasteiger partial charge in [0.05, 0.1) is 19.5 Å². The van der Waals surface area contributed by atoms with Gasteiger partial charge in [-0.2, -0.15) is 0 Å². The maximum atomic E-state index is 11.9. The molecule has 1 heterocycles. The van der Waals surface area contributed by atoms with E-state index in [0.717, 1.165) is 12.0 Å². The number of hydrogen-bond donors (Lipinski definition) is 1. The Morgan fingerprint density at radius 2 is 1.95 bits per heavy atom. The largest absolute Gasteiger partial charge is 0.625 e. The van der Waals surface area contributed by atoms with Crippen LogP contribution in [0.3, 0.4) is 0 Å². The van der Waals surface area contributed by atoms with Gasteiger partial charge in [-0.1, -0.05) is 12.1 Å². The molecule has 2 amide bonds. The number of aryl methyl sites for hydroxylation is 1. The Bertz CT molecular complexity index is 523. The van der Waals surface area contributed by atoms with Crippen molar-refractivity contribution in [3.63, 3.8) is 0 Å². The molecule has 0 unspecified atom stereocenters. The summed E-state index contributed by atoms with van der Waals surface area (Å²) < 4.78 is 4.36. The number of nitrogens with zero attached hydrogens (tertiary/aromatic N) is 1. The lowest BCUT2D eigenvalue weighted by molar-refractivity contribution is -0.845. The molecule has 1 fully saturated rings. The van der Waals surface area contributed by atoms with E-state index in [1.807, 2.05) is 19.1 Å². The van der Waals surface area contributed by atoms with E-state index in [9.17, 15) is 14.8 Å². The van der Waals surface area contributed by atoms with Crippen molar-refractivity contribution >= 4 is 17.5 Å². The molecule has 6 nitrogen and oxygen atoms in total. The van der Waals surface area contributed by atoms with Crippen LogP contribution in [-0.4, -0.2) is 42.8 Å². The lowest BCUT2D eigenvalue weighted by atomic mass is 10.1. The molecule has 1 aromatic carbocycles. The predicted molar refractivity (Wildman–Crippen MR) is 82.9 cm³/mol. The lowest BCUT2D eigenvalue weighted by Crippen LogP contribution is -2.57. The van der Waals surface area contributed by atoms with Gasteiger partial charge in [0.2, 0.25) is 5.91 Å². The van der Waals surface area contributed by atoms with Crippen LogP contribution in [0.2, 0.25) is 0 Å². The SMILES string of the molecule is CCOCC(=O)Nc1ccc(CCC(=O)[N+]2([O-])CCC2)cc1. The van der Waals surface area contributed by atoms with Crippen LogP contribution >= 0.6 is 0 Å². The molecular weight excluding hydrogens is 284 g/mol. The first-order valence-electron chi connectivity index (χ1n) is 7.61. The first-order valence-corrected chi connectivity index (χ1v) is 7.61. The van der Waals surface area contributed by atoms with E-state index in [2.05, 4.69) is 5.32 Å². The van der Waals surface area contributed by atoms with Crippen molar-refractivity contribution < 1.29 is 19.0 Å². The van der Waals surface area contributed by atoms with Crippen molar-refractivity contribution in [2.45, 2.75) is 26.2 Å². The number of rotatable bonds is 7. The van der Waals surface area contributed by atoms with Crippen molar-refractivity contribution in [1.82, 2.24) is 0 Å². The first-order chi connectivity index (χ1) is 10.5. The number of hydroxylamine groups is 3. The second-order valence-electron chi connectivity index (χ2n) is 5.47. The Hall–Kier alpha value is -1.76. The van der Waals surface area contributed by atoms with Gasteiger partial charge in [0.25, 0.3) is 0 Å². The monoisotopic (exact) mass is 306 g/mol. The molecule has 1 aliphatic heterocycles. The summed E-state index contributed by atoms with van der Waals surface area (Å²) in [6, 6.07) is 7.29. The summed E-state index contributed by atoms with van der Waals surface area (Å²) in [6.07, 6.45) is 1.65. The third kappa shape index (κ3) is 4.37. The fraction of sp³-hybridized carbons (Fsp3) is 0.500. The third-order valence-electron chi connectivity index (χ3n) is 3.80. The Balaban J connectivity index is 1.79. The van der Waals surface area contributed by atoms with E-state index in [0.29, 0.717) is 31.8 Å². The number of ether oxygens (including phenoxy) is 1. The average Bonchev–Trinajstić information content (AvgIpc) is 2.49. The number of carbonyl (C=O) groups excluding carboxylic acids is 2. The van der Waals surface area contributed by atoms with Crippen LogP contribution in [0.5, 0.6) is 0 Å². The second kappa shape index (κ2) is 7.49. The molecule has 1 aromatic rings. The van der Waals surface area contributed by atoms with E-state index in [4.69, 9.17) is 4.74 Å². The van der Waals surface area contributed by atoms with Crippen LogP contribution in [-0.2, 0) is 20.7 Å². The molecule has 0 bridgehead atoms. The summed E-state index contributed by atoms with van der Waals surface area (Å²) in [5.74, 6) is -0.430. The number of amides is 2. The van der Waals surface area contributed by atoms with Crippen LogP contribution in [0.4, 0.5) is 5.69 Å². The minimum absolute atomic E-state index is 0.0379. The molecule has 1 saturated heterocycles. The molecule has 0 saturated carbocycles. The number of likely N-dealkylation sites (tertiary alicyclic amines) is 1. The summed E-state index contributed by atoms with van der Waals surface area (Å²) in [4.78, 5) is 23.3. The maximum Gasteiger partial charge on any atom is 0.314 e. The lowest BCUT2D eigenvalue weighted by Gasteiger charge is -2.46. The molecule has 120 valence electrons. The maximum absolute atomic E-state index is 11.9. The molecular formula is C16H22N2O4. The van der Waals surface area contributed by atoms with Crippen molar-refractivity contribution in [2.75, 3.05) is 31.6 Å².